The van der Waals surface area contributed by atoms with E-state index in [9.17, 15) is 26.8 Å². The standard InChI is InChI=1S/C28H30F2N2O4S/c1-28(2,3)21-12-10-19(11-13-21)27(34)20-7-5-8-22(17-20)31-26(33)9-6-16-32(37(4,35)36)23-14-15-24(29)25(30)18-23/h5,7-8,10-15,17-18H,6,9,16H2,1-4H3,(H,31,33). The largest absolute Gasteiger partial charge is 0.326 e. The molecule has 0 aliphatic heterocycles. The monoisotopic (exact) mass is 528 g/mol. The zero-order chi connectivity index (χ0) is 27.4. The molecule has 0 saturated heterocycles. The van der Waals surface area contributed by atoms with Crippen molar-refractivity contribution in [2.24, 2.45) is 0 Å². The summed E-state index contributed by atoms with van der Waals surface area (Å²) in [6.45, 7) is 6.19. The van der Waals surface area contributed by atoms with Crippen LogP contribution in [0.1, 0.15) is 55.1 Å². The second kappa shape index (κ2) is 11.2. The van der Waals surface area contributed by atoms with Gasteiger partial charge in [0.05, 0.1) is 11.9 Å². The molecule has 0 aromatic heterocycles. The van der Waals surface area contributed by atoms with Crippen LogP contribution in [0.4, 0.5) is 20.2 Å². The smallest absolute Gasteiger partial charge is 0.232 e. The van der Waals surface area contributed by atoms with Crippen molar-refractivity contribution in [3.05, 3.63) is 95.1 Å². The molecule has 3 aromatic carbocycles. The van der Waals surface area contributed by atoms with E-state index in [1.165, 1.54) is 6.07 Å². The van der Waals surface area contributed by atoms with E-state index >= 15 is 0 Å². The molecule has 0 spiro atoms. The van der Waals surface area contributed by atoms with Crippen LogP contribution >= 0.6 is 0 Å². The van der Waals surface area contributed by atoms with Crippen LogP contribution in [0, 0.1) is 11.6 Å². The highest BCUT2D eigenvalue weighted by Crippen LogP contribution is 2.24. The van der Waals surface area contributed by atoms with Gasteiger partial charge in [0.25, 0.3) is 0 Å². The molecule has 0 atom stereocenters. The summed E-state index contributed by atoms with van der Waals surface area (Å²) in [5.74, 6) is -2.80. The van der Waals surface area contributed by atoms with Gasteiger partial charge in [0.2, 0.25) is 15.9 Å². The van der Waals surface area contributed by atoms with Crippen LogP contribution < -0.4 is 9.62 Å². The molecular formula is C28H30F2N2O4S. The number of sulfonamides is 1. The van der Waals surface area contributed by atoms with Gasteiger partial charge in [-0.1, -0.05) is 57.2 Å². The van der Waals surface area contributed by atoms with Crippen molar-refractivity contribution in [2.45, 2.75) is 39.0 Å². The fraction of sp³-hybridized carbons (Fsp3) is 0.286. The molecule has 0 aliphatic rings. The summed E-state index contributed by atoms with van der Waals surface area (Å²) in [6.07, 6.45) is 1.06. The van der Waals surface area contributed by atoms with Crippen LogP contribution in [0.3, 0.4) is 0 Å². The number of anilines is 2. The van der Waals surface area contributed by atoms with Crippen LogP contribution in [0.5, 0.6) is 0 Å². The first-order valence-corrected chi connectivity index (χ1v) is 13.6. The van der Waals surface area contributed by atoms with Crippen molar-refractivity contribution in [1.29, 1.82) is 0 Å². The van der Waals surface area contributed by atoms with Crippen LogP contribution in [0.25, 0.3) is 0 Å². The Morgan fingerprint density at radius 2 is 1.57 bits per heavy atom. The van der Waals surface area contributed by atoms with Gasteiger partial charge >= 0.3 is 0 Å². The Morgan fingerprint density at radius 3 is 2.16 bits per heavy atom. The number of hydrogen-bond acceptors (Lipinski definition) is 4. The summed E-state index contributed by atoms with van der Waals surface area (Å²) in [7, 11) is -3.78. The molecular weight excluding hydrogens is 498 g/mol. The minimum absolute atomic E-state index is 0.0245. The third kappa shape index (κ3) is 7.45. The number of benzene rings is 3. The molecule has 0 bridgehead atoms. The lowest BCUT2D eigenvalue weighted by molar-refractivity contribution is -0.116. The first-order valence-electron chi connectivity index (χ1n) is 11.7. The molecule has 1 amide bonds. The number of hydrogen-bond donors (Lipinski definition) is 1. The predicted molar refractivity (Wildman–Crippen MR) is 141 cm³/mol. The Balaban J connectivity index is 1.62. The highest BCUT2D eigenvalue weighted by atomic mass is 32.2. The zero-order valence-electron chi connectivity index (χ0n) is 21.2. The van der Waals surface area contributed by atoms with Crippen molar-refractivity contribution in [3.63, 3.8) is 0 Å². The molecule has 0 unspecified atom stereocenters. The number of ketones is 1. The van der Waals surface area contributed by atoms with Crippen LogP contribution in [0.2, 0.25) is 0 Å². The second-order valence-corrected chi connectivity index (χ2v) is 11.7. The van der Waals surface area contributed by atoms with E-state index in [0.29, 0.717) is 16.8 Å². The number of carbonyl (C=O) groups is 2. The lowest BCUT2D eigenvalue weighted by Gasteiger charge is -2.22. The van der Waals surface area contributed by atoms with Gasteiger partial charge in [-0.15, -0.1) is 0 Å². The summed E-state index contributed by atoms with van der Waals surface area (Å²) < 4.78 is 52.1. The van der Waals surface area contributed by atoms with E-state index in [4.69, 9.17) is 0 Å². The Morgan fingerprint density at radius 1 is 0.892 bits per heavy atom. The van der Waals surface area contributed by atoms with Gasteiger partial charge < -0.3 is 5.32 Å². The van der Waals surface area contributed by atoms with Gasteiger partial charge in [-0.25, -0.2) is 17.2 Å². The van der Waals surface area contributed by atoms with E-state index in [0.717, 1.165) is 28.3 Å². The maximum Gasteiger partial charge on any atom is 0.232 e. The highest BCUT2D eigenvalue weighted by Gasteiger charge is 2.20. The highest BCUT2D eigenvalue weighted by molar-refractivity contribution is 7.92. The Labute approximate surface area is 216 Å². The Bertz CT molecular complexity index is 1400. The number of amides is 1. The van der Waals surface area contributed by atoms with E-state index in [-0.39, 0.29) is 42.2 Å². The molecule has 0 saturated carbocycles. The fourth-order valence-corrected chi connectivity index (χ4v) is 4.72. The summed E-state index contributed by atoms with van der Waals surface area (Å²) in [6, 6.07) is 16.8. The van der Waals surface area contributed by atoms with Crippen LogP contribution in [0.15, 0.2) is 66.7 Å². The lowest BCUT2D eigenvalue weighted by atomic mass is 9.86. The molecule has 0 heterocycles. The van der Waals surface area contributed by atoms with Crippen molar-refractivity contribution in [2.75, 3.05) is 22.4 Å². The molecule has 196 valence electrons. The van der Waals surface area contributed by atoms with Gasteiger partial charge in [-0.2, -0.15) is 0 Å². The summed E-state index contributed by atoms with van der Waals surface area (Å²) in [4.78, 5) is 25.4. The third-order valence-electron chi connectivity index (χ3n) is 5.78. The van der Waals surface area contributed by atoms with Crippen LogP contribution in [-0.2, 0) is 20.2 Å². The van der Waals surface area contributed by atoms with Gasteiger partial charge in [0.1, 0.15) is 0 Å². The topological polar surface area (TPSA) is 83.6 Å². The average molecular weight is 529 g/mol. The summed E-state index contributed by atoms with van der Waals surface area (Å²) in [5.41, 5.74) is 2.45. The van der Waals surface area contributed by atoms with E-state index in [1.54, 1.807) is 36.4 Å². The number of carbonyl (C=O) groups excluding carboxylic acids is 2. The summed E-state index contributed by atoms with van der Waals surface area (Å²) >= 11 is 0. The predicted octanol–water partition coefficient (Wildman–Crippen LogP) is 5.68. The lowest BCUT2D eigenvalue weighted by Crippen LogP contribution is -2.31. The quantitative estimate of drug-likeness (QED) is 0.362. The number of nitrogens with one attached hydrogen (secondary N) is 1. The maximum absolute atomic E-state index is 13.6. The molecule has 3 aromatic rings. The molecule has 0 fully saturated rings. The maximum atomic E-state index is 13.6. The minimum Gasteiger partial charge on any atom is -0.326 e. The summed E-state index contributed by atoms with van der Waals surface area (Å²) in [5, 5.41) is 2.72. The second-order valence-electron chi connectivity index (χ2n) is 9.82. The molecule has 1 N–H and O–H groups in total. The number of halogens is 2. The van der Waals surface area contributed by atoms with Gasteiger partial charge in [0.15, 0.2) is 17.4 Å². The number of nitrogens with zero attached hydrogens (tertiary/aromatic N) is 1. The molecule has 3 rings (SSSR count). The van der Waals surface area contributed by atoms with Crippen molar-refractivity contribution in [1.82, 2.24) is 0 Å². The normalized spacial score (nSPS) is 11.7. The first kappa shape index (κ1) is 28.0. The van der Waals surface area contributed by atoms with E-state index < -0.39 is 21.7 Å². The van der Waals surface area contributed by atoms with Crippen LogP contribution in [-0.4, -0.2) is 32.9 Å². The van der Waals surface area contributed by atoms with Crippen molar-refractivity contribution < 1.29 is 26.8 Å². The Kier molecular flexibility index (Phi) is 8.48. The first-order chi connectivity index (χ1) is 17.3. The fourth-order valence-electron chi connectivity index (χ4n) is 3.76. The zero-order valence-corrected chi connectivity index (χ0v) is 22.0. The van der Waals surface area contributed by atoms with Gasteiger partial charge in [-0.3, -0.25) is 13.9 Å². The number of rotatable bonds is 9. The minimum atomic E-state index is -3.78. The van der Waals surface area contributed by atoms with Crippen molar-refractivity contribution >= 4 is 33.1 Å². The molecule has 6 nitrogen and oxygen atoms in total. The van der Waals surface area contributed by atoms with Crippen molar-refractivity contribution in [3.8, 4) is 0 Å². The molecule has 37 heavy (non-hydrogen) atoms. The van der Waals surface area contributed by atoms with Gasteiger partial charge in [0, 0.05) is 35.8 Å². The Hall–Kier alpha value is -3.59. The molecule has 0 radical (unpaired) electrons. The average Bonchev–Trinajstić information content (AvgIpc) is 2.82. The SMILES string of the molecule is CC(C)(C)c1ccc(C(=O)c2cccc(NC(=O)CCCN(c3ccc(F)c(F)c3)S(C)(=O)=O)c2)cc1. The van der Waals surface area contributed by atoms with E-state index in [1.807, 2.05) is 12.1 Å². The van der Waals surface area contributed by atoms with E-state index in [2.05, 4.69) is 26.1 Å². The van der Waals surface area contributed by atoms with Gasteiger partial charge in [-0.05, 0) is 41.7 Å². The molecule has 9 heteroatoms. The third-order valence-corrected chi connectivity index (χ3v) is 6.97. The molecule has 0 aliphatic carbocycles.